The number of fused-ring (bicyclic) bond motifs is 1. The van der Waals surface area contributed by atoms with Crippen molar-refractivity contribution in [2.75, 3.05) is 0 Å². The van der Waals surface area contributed by atoms with Gasteiger partial charge >= 0.3 is 0 Å². The Morgan fingerprint density at radius 2 is 1.77 bits per heavy atom. The Morgan fingerprint density at radius 1 is 1.09 bits per heavy atom. The van der Waals surface area contributed by atoms with Gasteiger partial charge in [-0.3, -0.25) is 4.79 Å². The summed E-state index contributed by atoms with van der Waals surface area (Å²) in [7, 11) is 5.88. The molecule has 5 heteroatoms. The SMILES string of the molecule is [B]C(C)c1oc2cccc(F)c2c(=O)c1-c1ccc(F)cc1. The molecule has 2 aromatic carbocycles. The Bertz CT molecular complexity index is 899. The van der Waals surface area contributed by atoms with Crippen LogP contribution in [0.1, 0.15) is 18.5 Å². The van der Waals surface area contributed by atoms with Gasteiger partial charge < -0.3 is 4.42 Å². The summed E-state index contributed by atoms with van der Waals surface area (Å²) >= 11 is 0. The summed E-state index contributed by atoms with van der Waals surface area (Å²) in [6.45, 7) is 1.66. The predicted octanol–water partition coefficient (Wildman–Crippen LogP) is 3.97. The molecule has 108 valence electrons. The number of benzene rings is 2. The van der Waals surface area contributed by atoms with E-state index in [0.717, 1.165) is 0 Å². The lowest BCUT2D eigenvalue weighted by Gasteiger charge is -2.13. The normalized spacial score (nSPS) is 12.5. The summed E-state index contributed by atoms with van der Waals surface area (Å²) in [5.41, 5.74) is 0.224. The molecule has 0 aliphatic heterocycles. The van der Waals surface area contributed by atoms with Crippen LogP contribution in [0.25, 0.3) is 22.1 Å². The molecule has 1 unspecified atom stereocenters. The number of hydrogen-bond acceptors (Lipinski definition) is 2. The highest BCUT2D eigenvalue weighted by molar-refractivity contribution is 6.12. The van der Waals surface area contributed by atoms with Crippen molar-refractivity contribution < 1.29 is 13.2 Å². The Kier molecular flexibility index (Phi) is 3.57. The summed E-state index contributed by atoms with van der Waals surface area (Å²) in [4.78, 5) is 12.7. The third-order valence-electron chi connectivity index (χ3n) is 3.44. The predicted molar refractivity (Wildman–Crippen MR) is 82.0 cm³/mol. The minimum Gasteiger partial charge on any atom is -0.461 e. The lowest BCUT2D eigenvalue weighted by Crippen LogP contribution is -2.12. The molecule has 0 aliphatic carbocycles. The quantitative estimate of drug-likeness (QED) is 0.670. The van der Waals surface area contributed by atoms with Crippen molar-refractivity contribution in [3.8, 4) is 11.1 Å². The fourth-order valence-corrected chi connectivity index (χ4v) is 2.43. The maximum Gasteiger partial charge on any atom is 0.203 e. The van der Waals surface area contributed by atoms with Crippen LogP contribution in [0, 0.1) is 11.6 Å². The Labute approximate surface area is 126 Å². The fraction of sp³-hybridized carbons (Fsp3) is 0.118. The van der Waals surface area contributed by atoms with Gasteiger partial charge in [0.15, 0.2) is 0 Å². The van der Waals surface area contributed by atoms with Crippen LogP contribution in [0.15, 0.2) is 51.7 Å². The second-order valence-corrected chi connectivity index (χ2v) is 5.08. The number of halogens is 2. The van der Waals surface area contributed by atoms with Gasteiger partial charge in [0, 0.05) is 0 Å². The van der Waals surface area contributed by atoms with Gasteiger partial charge in [0.25, 0.3) is 0 Å². The highest BCUT2D eigenvalue weighted by atomic mass is 19.1. The van der Waals surface area contributed by atoms with Gasteiger partial charge in [-0.1, -0.05) is 25.1 Å². The maximum atomic E-state index is 14.0. The Hall–Kier alpha value is -2.43. The smallest absolute Gasteiger partial charge is 0.203 e. The second-order valence-electron chi connectivity index (χ2n) is 5.08. The van der Waals surface area contributed by atoms with Crippen LogP contribution in [0.5, 0.6) is 0 Å². The molecule has 0 fully saturated rings. The van der Waals surface area contributed by atoms with Crippen molar-refractivity contribution in [1.29, 1.82) is 0 Å². The molecule has 0 aliphatic rings. The molecule has 0 saturated heterocycles. The topological polar surface area (TPSA) is 30.2 Å². The molecule has 0 bridgehead atoms. The number of rotatable bonds is 2. The molecular formula is C17H11BF2O2. The largest absolute Gasteiger partial charge is 0.461 e. The van der Waals surface area contributed by atoms with Crippen LogP contribution in [0.4, 0.5) is 8.78 Å². The van der Waals surface area contributed by atoms with Gasteiger partial charge in [0.1, 0.15) is 28.4 Å². The Morgan fingerprint density at radius 3 is 2.41 bits per heavy atom. The van der Waals surface area contributed by atoms with Crippen LogP contribution in [0.2, 0.25) is 0 Å². The first-order chi connectivity index (χ1) is 10.5. The zero-order valence-electron chi connectivity index (χ0n) is 11.8. The first kappa shape index (κ1) is 14.5. The monoisotopic (exact) mass is 296 g/mol. The zero-order valence-corrected chi connectivity index (χ0v) is 11.8. The van der Waals surface area contributed by atoms with Crippen LogP contribution in [0.3, 0.4) is 0 Å². The van der Waals surface area contributed by atoms with E-state index < -0.39 is 22.9 Å². The van der Waals surface area contributed by atoms with E-state index in [1.807, 2.05) is 0 Å². The molecule has 3 aromatic rings. The standard InChI is InChI=1S/C17H11BF2O2/c1-9(18)17-14(10-5-7-11(19)8-6-10)16(21)15-12(20)3-2-4-13(15)22-17/h2-9H,1H3. The third kappa shape index (κ3) is 2.32. The van der Waals surface area contributed by atoms with Crippen molar-refractivity contribution in [1.82, 2.24) is 0 Å². The van der Waals surface area contributed by atoms with E-state index in [0.29, 0.717) is 5.56 Å². The highest BCUT2D eigenvalue weighted by Gasteiger charge is 2.20. The zero-order chi connectivity index (χ0) is 15.9. The molecule has 1 atom stereocenters. The maximum absolute atomic E-state index is 14.0. The average molecular weight is 296 g/mol. The molecular weight excluding hydrogens is 285 g/mol. The van der Waals surface area contributed by atoms with Crippen LogP contribution < -0.4 is 5.43 Å². The van der Waals surface area contributed by atoms with Gasteiger partial charge in [0.05, 0.1) is 13.4 Å². The fourth-order valence-electron chi connectivity index (χ4n) is 2.43. The van der Waals surface area contributed by atoms with Crippen molar-refractivity contribution >= 4 is 18.8 Å². The molecule has 22 heavy (non-hydrogen) atoms. The van der Waals surface area contributed by atoms with E-state index in [4.69, 9.17) is 12.3 Å². The highest BCUT2D eigenvalue weighted by Crippen LogP contribution is 2.29. The summed E-state index contributed by atoms with van der Waals surface area (Å²) in [5, 5.41) is -0.133. The van der Waals surface area contributed by atoms with E-state index in [2.05, 4.69) is 0 Å². The number of hydrogen-bond donors (Lipinski definition) is 0. The van der Waals surface area contributed by atoms with Crippen LogP contribution in [-0.2, 0) is 0 Å². The third-order valence-corrected chi connectivity index (χ3v) is 3.44. The lowest BCUT2D eigenvalue weighted by atomic mass is 9.83. The van der Waals surface area contributed by atoms with Gasteiger partial charge in [-0.2, -0.15) is 0 Å². The van der Waals surface area contributed by atoms with Crippen LogP contribution >= 0.6 is 0 Å². The first-order valence-corrected chi connectivity index (χ1v) is 6.76. The van der Waals surface area contributed by atoms with E-state index in [1.165, 1.54) is 42.5 Å². The lowest BCUT2D eigenvalue weighted by molar-refractivity contribution is 0.536. The molecule has 2 nitrogen and oxygen atoms in total. The van der Waals surface area contributed by atoms with E-state index in [-0.39, 0.29) is 22.3 Å². The Balaban J connectivity index is 2.43. The van der Waals surface area contributed by atoms with E-state index >= 15 is 0 Å². The average Bonchev–Trinajstić information content (AvgIpc) is 2.48. The summed E-state index contributed by atoms with van der Waals surface area (Å²) < 4.78 is 32.7. The van der Waals surface area contributed by atoms with Crippen LogP contribution in [-0.4, -0.2) is 7.85 Å². The minimum atomic E-state index is -0.661. The summed E-state index contributed by atoms with van der Waals surface area (Å²) in [6.07, 6.45) is 0. The summed E-state index contributed by atoms with van der Waals surface area (Å²) in [6, 6.07) is 9.51. The van der Waals surface area contributed by atoms with Crippen molar-refractivity contribution in [3.63, 3.8) is 0 Å². The summed E-state index contributed by atoms with van der Waals surface area (Å²) in [5.74, 6) is -1.41. The first-order valence-electron chi connectivity index (χ1n) is 6.76. The van der Waals surface area contributed by atoms with Gasteiger partial charge in [0.2, 0.25) is 5.43 Å². The van der Waals surface area contributed by atoms with Crippen molar-refractivity contribution in [2.45, 2.75) is 12.7 Å². The molecule has 0 saturated carbocycles. The van der Waals surface area contributed by atoms with Crippen molar-refractivity contribution in [2.24, 2.45) is 0 Å². The van der Waals surface area contributed by atoms with Gasteiger partial charge in [-0.15, -0.1) is 0 Å². The second kappa shape index (κ2) is 5.41. The molecule has 1 aromatic heterocycles. The van der Waals surface area contributed by atoms with E-state index in [1.54, 1.807) is 6.92 Å². The minimum absolute atomic E-state index is 0.133. The van der Waals surface area contributed by atoms with Crippen molar-refractivity contribution in [3.05, 3.63) is 70.1 Å². The molecule has 0 amide bonds. The van der Waals surface area contributed by atoms with Gasteiger partial charge in [-0.25, -0.2) is 8.78 Å². The molecule has 3 rings (SSSR count). The molecule has 0 spiro atoms. The van der Waals surface area contributed by atoms with Gasteiger partial charge in [-0.05, 0) is 35.6 Å². The molecule has 0 N–H and O–H groups in total. The molecule has 2 radical (unpaired) electrons. The van der Waals surface area contributed by atoms with E-state index in [9.17, 15) is 13.6 Å². The molecule has 1 heterocycles.